The minimum absolute atomic E-state index is 0.865. The first kappa shape index (κ1) is 9.28. The van der Waals surface area contributed by atoms with Crippen molar-refractivity contribution in [1.82, 2.24) is 4.57 Å². The number of hydrogen-bond acceptors (Lipinski definition) is 1. The van der Waals surface area contributed by atoms with Gasteiger partial charge in [0.15, 0.2) is 0 Å². The quantitative estimate of drug-likeness (QED) is 0.633. The molecule has 3 aromatic rings. The smallest absolute Gasteiger partial charge is 0.0952 e. The zero-order valence-corrected chi connectivity index (χ0v) is 9.18. The maximum atomic E-state index is 5.09. The molecule has 0 aliphatic carbocycles. The Labute approximate surface area is 94.1 Å². The molecule has 1 aromatic carbocycles. The predicted molar refractivity (Wildman–Crippen MR) is 64.5 cm³/mol. The van der Waals surface area contributed by atoms with Crippen LogP contribution in [0.5, 0.6) is 0 Å². The number of benzene rings is 1. The fourth-order valence-electron chi connectivity index (χ4n) is 2.01. The lowest BCUT2D eigenvalue weighted by molar-refractivity contribution is 0.562. The molecule has 0 aliphatic heterocycles. The first-order valence-electron chi connectivity index (χ1n) is 5.39. The van der Waals surface area contributed by atoms with Gasteiger partial charge in [-0.05, 0) is 36.1 Å². The Kier molecular flexibility index (Phi) is 2.07. The summed E-state index contributed by atoms with van der Waals surface area (Å²) < 4.78 is 7.33. The van der Waals surface area contributed by atoms with Crippen LogP contribution in [0, 0.1) is 6.92 Å². The second kappa shape index (κ2) is 3.56. The molecule has 2 heteroatoms. The van der Waals surface area contributed by atoms with Gasteiger partial charge in [-0.1, -0.05) is 12.1 Å². The fourth-order valence-corrected chi connectivity index (χ4v) is 2.01. The van der Waals surface area contributed by atoms with Crippen LogP contribution in [-0.4, -0.2) is 4.57 Å². The van der Waals surface area contributed by atoms with E-state index in [2.05, 4.69) is 42.0 Å². The van der Waals surface area contributed by atoms with Gasteiger partial charge >= 0.3 is 0 Å². The van der Waals surface area contributed by atoms with Gasteiger partial charge in [0.1, 0.15) is 0 Å². The van der Waals surface area contributed by atoms with E-state index in [1.54, 1.807) is 12.5 Å². The summed E-state index contributed by atoms with van der Waals surface area (Å²) in [6, 6.07) is 10.7. The van der Waals surface area contributed by atoms with E-state index in [-0.39, 0.29) is 0 Å². The van der Waals surface area contributed by atoms with Crippen molar-refractivity contribution in [2.45, 2.75) is 13.5 Å². The highest BCUT2D eigenvalue weighted by Crippen LogP contribution is 2.18. The van der Waals surface area contributed by atoms with Crippen LogP contribution in [0.25, 0.3) is 10.9 Å². The third-order valence-corrected chi connectivity index (χ3v) is 2.86. The number of hydrogen-bond donors (Lipinski definition) is 0. The normalized spacial score (nSPS) is 11.1. The van der Waals surface area contributed by atoms with E-state index in [4.69, 9.17) is 4.42 Å². The zero-order valence-electron chi connectivity index (χ0n) is 9.18. The number of aromatic nitrogens is 1. The minimum Gasteiger partial charge on any atom is -0.472 e. The molecule has 16 heavy (non-hydrogen) atoms. The second-order valence-corrected chi connectivity index (χ2v) is 4.14. The molecule has 2 heterocycles. The number of furan rings is 1. The van der Waals surface area contributed by atoms with Crippen molar-refractivity contribution < 1.29 is 4.42 Å². The van der Waals surface area contributed by atoms with Gasteiger partial charge < -0.3 is 8.98 Å². The topological polar surface area (TPSA) is 18.1 Å². The Morgan fingerprint density at radius 2 is 2.12 bits per heavy atom. The van der Waals surface area contributed by atoms with E-state index in [0.717, 1.165) is 6.54 Å². The van der Waals surface area contributed by atoms with Crippen molar-refractivity contribution in [2.75, 3.05) is 0 Å². The maximum absolute atomic E-state index is 5.09. The molecule has 2 aromatic heterocycles. The number of rotatable bonds is 2. The molecule has 0 saturated heterocycles. The maximum Gasteiger partial charge on any atom is 0.0952 e. The van der Waals surface area contributed by atoms with Gasteiger partial charge in [0.25, 0.3) is 0 Å². The molecule has 0 spiro atoms. The van der Waals surface area contributed by atoms with Crippen LogP contribution in [0.4, 0.5) is 0 Å². The molecule has 0 fully saturated rings. The molecular weight excluding hydrogens is 198 g/mol. The van der Waals surface area contributed by atoms with Gasteiger partial charge in [0.05, 0.1) is 19.1 Å². The molecular formula is C14H13NO. The monoisotopic (exact) mass is 211 g/mol. The van der Waals surface area contributed by atoms with Crippen LogP contribution in [-0.2, 0) is 6.54 Å². The summed E-state index contributed by atoms with van der Waals surface area (Å²) in [6.45, 7) is 2.98. The molecule has 0 N–H and O–H groups in total. The van der Waals surface area contributed by atoms with Crippen LogP contribution in [0.3, 0.4) is 0 Å². The van der Waals surface area contributed by atoms with Gasteiger partial charge in [-0.2, -0.15) is 0 Å². The summed E-state index contributed by atoms with van der Waals surface area (Å²) >= 11 is 0. The first-order chi connectivity index (χ1) is 7.83. The van der Waals surface area contributed by atoms with Crippen molar-refractivity contribution >= 4 is 10.9 Å². The summed E-state index contributed by atoms with van der Waals surface area (Å²) in [7, 11) is 0. The van der Waals surface area contributed by atoms with Crippen LogP contribution in [0.1, 0.15) is 11.1 Å². The number of fused-ring (bicyclic) bond motifs is 1. The summed E-state index contributed by atoms with van der Waals surface area (Å²) in [4.78, 5) is 0. The predicted octanol–water partition coefficient (Wildman–Crippen LogP) is 3.59. The van der Waals surface area contributed by atoms with Gasteiger partial charge in [0.2, 0.25) is 0 Å². The lowest BCUT2D eigenvalue weighted by Crippen LogP contribution is -1.96. The lowest BCUT2D eigenvalue weighted by atomic mass is 10.2. The molecule has 0 bridgehead atoms. The largest absolute Gasteiger partial charge is 0.472 e. The molecule has 80 valence electrons. The molecule has 0 radical (unpaired) electrons. The van der Waals surface area contributed by atoms with Crippen molar-refractivity contribution in [3.63, 3.8) is 0 Å². The van der Waals surface area contributed by atoms with Crippen LogP contribution < -0.4 is 0 Å². The van der Waals surface area contributed by atoms with E-state index in [9.17, 15) is 0 Å². The second-order valence-electron chi connectivity index (χ2n) is 4.14. The Bertz CT molecular complexity index is 605. The average Bonchev–Trinajstić information content (AvgIpc) is 2.90. The van der Waals surface area contributed by atoms with Gasteiger partial charge in [-0.3, -0.25) is 0 Å². The summed E-state index contributed by atoms with van der Waals surface area (Å²) in [5.74, 6) is 0. The van der Waals surface area contributed by atoms with Crippen LogP contribution in [0.2, 0.25) is 0 Å². The first-order valence-corrected chi connectivity index (χ1v) is 5.39. The van der Waals surface area contributed by atoms with Crippen molar-refractivity contribution in [3.05, 3.63) is 60.2 Å². The van der Waals surface area contributed by atoms with Crippen molar-refractivity contribution in [3.8, 4) is 0 Å². The highest BCUT2D eigenvalue weighted by Gasteiger charge is 2.02. The Morgan fingerprint density at radius 1 is 1.19 bits per heavy atom. The fraction of sp³-hybridized carbons (Fsp3) is 0.143. The molecule has 0 amide bonds. The summed E-state index contributed by atoms with van der Waals surface area (Å²) in [5.41, 5.74) is 3.76. The SMILES string of the molecule is Cc1ccc2ccn(Cc3ccoc3)c2c1. The number of nitrogens with zero attached hydrogens (tertiary/aromatic N) is 1. The minimum atomic E-state index is 0.865. The van der Waals surface area contributed by atoms with Gasteiger partial charge in [-0.15, -0.1) is 0 Å². The van der Waals surface area contributed by atoms with Gasteiger partial charge in [0, 0.05) is 17.3 Å². The molecule has 0 atom stereocenters. The molecule has 0 unspecified atom stereocenters. The summed E-state index contributed by atoms with van der Waals surface area (Å²) in [5, 5.41) is 1.29. The van der Waals surface area contributed by atoms with Crippen molar-refractivity contribution in [1.29, 1.82) is 0 Å². The molecule has 2 nitrogen and oxygen atoms in total. The van der Waals surface area contributed by atoms with Crippen molar-refractivity contribution in [2.24, 2.45) is 0 Å². The van der Waals surface area contributed by atoms with E-state index < -0.39 is 0 Å². The Balaban J connectivity index is 2.07. The average molecular weight is 211 g/mol. The standard InChI is InChI=1S/C14H13NO/c1-11-2-3-13-4-6-15(14(13)8-11)9-12-5-7-16-10-12/h2-8,10H,9H2,1H3. The van der Waals surface area contributed by atoms with Crippen LogP contribution >= 0.6 is 0 Å². The van der Waals surface area contributed by atoms with E-state index >= 15 is 0 Å². The Morgan fingerprint density at radius 3 is 2.94 bits per heavy atom. The van der Waals surface area contributed by atoms with Crippen LogP contribution in [0.15, 0.2) is 53.5 Å². The molecule has 3 rings (SSSR count). The highest BCUT2D eigenvalue weighted by molar-refractivity contribution is 5.80. The lowest BCUT2D eigenvalue weighted by Gasteiger charge is -2.03. The zero-order chi connectivity index (χ0) is 11.0. The highest BCUT2D eigenvalue weighted by atomic mass is 16.3. The van der Waals surface area contributed by atoms with Gasteiger partial charge in [-0.25, -0.2) is 0 Å². The Hall–Kier alpha value is -1.96. The number of aryl methyl sites for hydroxylation is 1. The molecule has 0 aliphatic rings. The molecule has 0 saturated carbocycles. The third-order valence-electron chi connectivity index (χ3n) is 2.86. The third kappa shape index (κ3) is 1.52. The van der Waals surface area contributed by atoms with E-state index in [1.807, 2.05) is 6.07 Å². The van der Waals surface area contributed by atoms with E-state index in [1.165, 1.54) is 22.0 Å². The summed E-state index contributed by atoms with van der Waals surface area (Å²) in [6.07, 6.45) is 5.63. The van der Waals surface area contributed by atoms with E-state index in [0.29, 0.717) is 0 Å².